The molecule has 0 spiro atoms. The molecule has 0 unspecified atom stereocenters. The van der Waals surface area contributed by atoms with Gasteiger partial charge in [0.05, 0.1) is 12.1 Å². The SMILES string of the molecule is COc1ccc(-c2n[nH]c(CCN)n2)cc1Cl. The van der Waals surface area contributed by atoms with E-state index in [0.717, 1.165) is 11.4 Å². The Hall–Kier alpha value is -1.59. The number of nitrogens with zero attached hydrogens (tertiary/aromatic N) is 2. The van der Waals surface area contributed by atoms with Gasteiger partial charge in [-0.25, -0.2) is 4.98 Å². The summed E-state index contributed by atoms with van der Waals surface area (Å²) in [6.45, 7) is 0.540. The van der Waals surface area contributed by atoms with Crippen LogP contribution in [0.4, 0.5) is 0 Å². The zero-order valence-electron chi connectivity index (χ0n) is 9.40. The summed E-state index contributed by atoms with van der Waals surface area (Å²) in [5.41, 5.74) is 6.29. The zero-order chi connectivity index (χ0) is 12.3. The number of methoxy groups -OCH3 is 1. The van der Waals surface area contributed by atoms with Crippen molar-refractivity contribution in [3.63, 3.8) is 0 Å². The fourth-order valence-corrected chi connectivity index (χ4v) is 1.74. The van der Waals surface area contributed by atoms with E-state index in [2.05, 4.69) is 15.2 Å². The Kier molecular flexibility index (Phi) is 3.61. The summed E-state index contributed by atoms with van der Waals surface area (Å²) in [5.74, 6) is 2.01. The first-order valence-electron chi connectivity index (χ1n) is 5.20. The van der Waals surface area contributed by atoms with Crippen LogP contribution in [0, 0.1) is 0 Å². The van der Waals surface area contributed by atoms with Gasteiger partial charge in [0.1, 0.15) is 11.6 Å². The van der Waals surface area contributed by atoms with Crippen molar-refractivity contribution in [1.29, 1.82) is 0 Å². The van der Waals surface area contributed by atoms with E-state index in [1.165, 1.54) is 0 Å². The summed E-state index contributed by atoms with van der Waals surface area (Å²) in [6.07, 6.45) is 0.677. The highest BCUT2D eigenvalue weighted by Crippen LogP contribution is 2.28. The van der Waals surface area contributed by atoms with Crippen LogP contribution >= 0.6 is 11.6 Å². The second-order valence-electron chi connectivity index (χ2n) is 3.49. The maximum atomic E-state index is 6.04. The minimum absolute atomic E-state index is 0.537. The van der Waals surface area contributed by atoms with E-state index in [1.54, 1.807) is 19.2 Å². The summed E-state index contributed by atoms with van der Waals surface area (Å²) in [6, 6.07) is 5.42. The molecule has 0 bridgehead atoms. The molecular weight excluding hydrogens is 240 g/mol. The van der Waals surface area contributed by atoms with Crippen molar-refractivity contribution in [2.45, 2.75) is 6.42 Å². The molecule has 17 heavy (non-hydrogen) atoms. The van der Waals surface area contributed by atoms with E-state index in [4.69, 9.17) is 22.1 Å². The lowest BCUT2D eigenvalue weighted by molar-refractivity contribution is 0.415. The fourth-order valence-electron chi connectivity index (χ4n) is 1.48. The molecular formula is C11H13ClN4O. The Labute approximate surface area is 104 Å². The van der Waals surface area contributed by atoms with Crippen molar-refractivity contribution >= 4 is 11.6 Å². The molecule has 0 amide bonds. The molecule has 0 aliphatic rings. The van der Waals surface area contributed by atoms with Crippen molar-refractivity contribution in [1.82, 2.24) is 15.2 Å². The van der Waals surface area contributed by atoms with Crippen LogP contribution in [0.2, 0.25) is 5.02 Å². The second-order valence-corrected chi connectivity index (χ2v) is 3.90. The van der Waals surface area contributed by atoms with Crippen LogP contribution in [-0.2, 0) is 6.42 Å². The second kappa shape index (κ2) is 5.16. The maximum absolute atomic E-state index is 6.04. The number of halogens is 1. The molecule has 1 heterocycles. The van der Waals surface area contributed by atoms with Gasteiger partial charge in [-0.05, 0) is 24.7 Å². The molecule has 90 valence electrons. The highest BCUT2D eigenvalue weighted by molar-refractivity contribution is 6.32. The van der Waals surface area contributed by atoms with Crippen molar-refractivity contribution in [2.75, 3.05) is 13.7 Å². The van der Waals surface area contributed by atoms with Gasteiger partial charge in [0.15, 0.2) is 5.82 Å². The van der Waals surface area contributed by atoms with Gasteiger partial charge < -0.3 is 10.5 Å². The standard InChI is InChI=1S/C11H13ClN4O/c1-17-9-3-2-7(6-8(9)12)11-14-10(4-5-13)15-16-11/h2-3,6H,4-5,13H2,1H3,(H,14,15,16). The van der Waals surface area contributed by atoms with Gasteiger partial charge in [-0.2, -0.15) is 5.10 Å². The Morgan fingerprint density at radius 2 is 2.29 bits per heavy atom. The van der Waals surface area contributed by atoms with Crippen LogP contribution in [0.3, 0.4) is 0 Å². The van der Waals surface area contributed by atoms with Gasteiger partial charge in [-0.15, -0.1) is 0 Å². The van der Waals surface area contributed by atoms with Crippen LogP contribution in [0.1, 0.15) is 5.82 Å². The van der Waals surface area contributed by atoms with Gasteiger partial charge in [0.2, 0.25) is 0 Å². The molecule has 2 aromatic rings. The fraction of sp³-hybridized carbons (Fsp3) is 0.273. The minimum atomic E-state index is 0.537. The van der Waals surface area contributed by atoms with E-state index in [0.29, 0.717) is 29.6 Å². The smallest absolute Gasteiger partial charge is 0.181 e. The molecule has 2 rings (SSSR count). The molecule has 1 aromatic heterocycles. The van der Waals surface area contributed by atoms with E-state index in [-0.39, 0.29) is 0 Å². The van der Waals surface area contributed by atoms with Gasteiger partial charge in [0, 0.05) is 12.0 Å². The summed E-state index contributed by atoms with van der Waals surface area (Å²) >= 11 is 6.04. The average molecular weight is 253 g/mol. The number of aromatic amines is 1. The van der Waals surface area contributed by atoms with Crippen LogP contribution in [-0.4, -0.2) is 28.8 Å². The summed E-state index contributed by atoms with van der Waals surface area (Å²) in [5, 5.41) is 7.49. The average Bonchev–Trinajstić information content (AvgIpc) is 2.78. The molecule has 0 fully saturated rings. The topological polar surface area (TPSA) is 76.8 Å². The van der Waals surface area contributed by atoms with Crippen LogP contribution in [0.5, 0.6) is 5.75 Å². The molecule has 6 heteroatoms. The quantitative estimate of drug-likeness (QED) is 0.867. The number of aromatic nitrogens is 3. The van der Waals surface area contributed by atoms with Crippen molar-refractivity contribution in [3.8, 4) is 17.1 Å². The number of H-pyrrole nitrogens is 1. The predicted octanol–water partition coefficient (Wildman–Crippen LogP) is 1.63. The van der Waals surface area contributed by atoms with E-state index in [9.17, 15) is 0 Å². The molecule has 0 aliphatic heterocycles. The maximum Gasteiger partial charge on any atom is 0.181 e. The number of ether oxygens (including phenoxy) is 1. The van der Waals surface area contributed by atoms with Crippen molar-refractivity contribution in [2.24, 2.45) is 5.73 Å². The van der Waals surface area contributed by atoms with Gasteiger partial charge in [-0.1, -0.05) is 11.6 Å². The lowest BCUT2D eigenvalue weighted by atomic mass is 10.2. The summed E-state index contributed by atoms with van der Waals surface area (Å²) in [4.78, 5) is 4.32. The van der Waals surface area contributed by atoms with Gasteiger partial charge in [-0.3, -0.25) is 5.10 Å². The third kappa shape index (κ3) is 2.57. The number of nitrogens with one attached hydrogen (secondary N) is 1. The molecule has 3 N–H and O–H groups in total. The van der Waals surface area contributed by atoms with Gasteiger partial charge >= 0.3 is 0 Å². The summed E-state index contributed by atoms with van der Waals surface area (Å²) < 4.78 is 5.08. The molecule has 0 aliphatic carbocycles. The highest BCUT2D eigenvalue weighted by atomic mass is 35.5. The third-order valence-electron chi connectivity index (χ3n) is 2.32. The Bertz CT molecular complexity index is 512. The van der Waals surface area contributed by atoms with E-state index < -0.39 is 0 Å². The summed E-state index contributed by atoms with van der Waals surface area (Å²) in [7, 11) is 1.58. The number of hydrogen-bond donors (Lipinski definition) is 2. The van der Waals surface area contributed by atoms with E-state index >= 15 is 0 Å². The molecule has 1 aromatic carbocycles. The number of hydrogen-bond acceptors (Lipinski definition) is 4. The first-order valence-corrected chi connectivity index (χ1v) is 5.57. The van der Waals surface area contributed by atoms with Crippen LogP contribution < -0.4 is 10.5 Å². The number of nitrogens with two attached hydrogens (primary N) is 1. The first-order chi connectivity index (χ1) is 8.24. The van der Waals surface area contributed by atoms with Crippen LogP contribution in [0.15, 0.2) is 18.2 Å². The number of benzene rings is 1. The Morgan fingerprint density at radius 1 is 1.47 bits per heavy atom. The van der Waals surface area contributed by atoms with Crippen molar-refractivity contribution in [3.05, 3.63) is 29.0 Å². The van der Waals surface area contributed by atoms with E-state index in [1.807, 2.05) is 6.07 Å². The molecule has 0 saturated heterocycles. The lowest BCUT2D eigenvalue weighted by Gasteiger charge is -2.03. The monoisotopic (exact) mass is 252 g/mol. The molecule has 5 nitrogen and oxygen atoms in total. The normalized spacial score (nSPS) is 10.5. The minimum Gasteiger partial charge on any atom is -0.495 e. The number of rotatable bonds is 4. The Morgan fingerprint density at radius 3 is 2.94 bits per heavy atom. The van der Waals surface area contributed by atoms with Crippen LogP contribution in [0.25, 0.3) is 11.4 Å². The first kappa shape index (κ1) is 11.9. The van der Waals surface area contributed by atoms with Gasteiger partial charge in [0.25, 0.3) is 0 Å². The van der Waals surface area contributed by atoms with Crippen molar-refractivity contribution < 1.29 is 4.74 Å². The lowest BCUT2D eigenvalue weighted by Crippen LogP contribution is -2.03. The molecule has 0 radical (unpaired) electrons. The Balaban J connectivity index is 2.29. The molecule has 0 saturated carbocycles. The predicted molar refractivity (Wildman–Crippen MR) is 66.1 cm³/mol. The highest BCUT2D eigenvalue weighted by Gasteiger charge is 2.08. The third-order valence-corrected chi connectivity index (χ3v) is 2.62. The zero-order valence-corrected chi connectivity index (χ0v) is 10.2. The largest absolute Gasteiger partial charge is 0.495 e. The molecule has 0 atom stereocenters.